The van der Waals surface area contributed by atoms with Gasteiger partial charge in [-0.25, -0.2) is 4.68 Å². The van der Waals surface area contributed by atoms with Crippen LogP contribution in [0.1, 0.15) is 22.8 Å². The van der Waals surface area contributed by atoms with Crippen molar-refractivity contribution in [3.05, 3.63) is 46.2 Å². The SMILES string of the molecule is CCc1cnn(-c2ccc(Br)cc2C=O)c1. The second-order valence-corrected chi connectivity index (χ2v) is 4.38. The molecule has 82 valence electrons. The van der Waals surface area contributed by atoms with Gasteiger partial charge < -0.3 is 0 Å². The smallest absolute Gasteiger partial charge is 0.152 e. The second-order valence-electron chi connectivity index (χ2n) is 3.47. The Morgan fingerprint density at radius 1 is 1.50 bits per heavy atom. The van der Waals surface area contributed by atoms with Crippen molar-refractivity contribution >= 4 is 22.2 Å². The van der Waals surface area contributed by atoms with Crippen LogP contribution < -0.4 is 0 Å². The van der Waals surface area contributed by atoms with Gasteiger partial charge >= 0.3 is 0 Å². The lowest BCUT2D eigenvalue weighted by Gasteiger charge is -2.04. The van der Waals surface area contributed by atoms with E-state index in [-0.39, 0.29) is 0 Å². The third-order valence-electron chi connectivity index (χ3n) is 2.41. The third-order valence-corrected chi connectivity index (χ3v) is 2.90. The van der Waals surface area contributed by atoms with Gasteiger partial charge in [0.05, 0.1) is 11.9 Å². The molecule has 0 aliphatic carbocycles. The summed E-state index contributed by atoms with van der Waals surface area (Å²) < 4.78 is 2.62. The fourth-order valence-corrected chi connectivity index (χ4v) is 1.88. The van der Waals surface area contributed by atoms with Crippen LogP contribution in [0.25, 0.3) is 5.69 Å². The van der Waals surface area contributed by atoms with E-state index in [0.29, 0.717) is 5.56 Å². The van der Waals surface area contributed by atoms with Gasteiger partial charge in [0.25, 0.3) is 0 Å². The molecular weight excluding hydrogens is 268 g/mol. The monoisotopic (exact) mass is 278 g/mol. The lowest BCUT2D eigenvalue weighted by molar-refractivity contribution is 0.112. The Balaban J connectivity index is 2.50. The predicted molar refractivity (Wildman–Crippen MR) is 66.0 cm³/mol. The lowest BCUT2D eigenvalue weighted by Crippen LogP contribution is -1.99. The number of aryl methyl sites for hydroxylation is 1. The van der Waals surface area contributed by atoms with E-state index in [0.717, 1.165) is 28.4 Å². The Bertz CT molecular complexity index is 519. The zero-order valence-electron chi connectivity index (χ0n) is 8.85. The van der Waals surface area contributed by atoms with Gasteiger partial charge in [-0.1, -0.05) is 22.9 Å². The van der Waals surface area contributed by atoms with Crippen molar-refractivity contribution in [2.45, 2.75) is 13.3 Å². The van der Waals surface area contributed by atoms with Crippen molar-refractivity contribution in [2.75, 3.05) is 0 Å². The van der Waals surface area contributed by atoms with E-state index in [1.807, 2.05) is 24.5 Å². The van der Waals surface area contributed by atoms with E-state index in [1.54, 1.807) is 10.7 Å². The number of aromatic nitrogens is 2. The first-order chi connectivity index (χ1) is 7.74. The van der Waals surface area contributed by atoms with Gasteiger partial charge in [0.15, 0.2) is 6.29 Å². The van der Waals surface area contributed by atoms with Crippen LogP contribution in [0, 0.1) is 0 Å². The molecule has 0 saturated heterocycles. The molecule has 4 heteroatoms. The van der Waals surface area contributed by atoms with Crippen LogP contribution in [0.5, 0.6) is 0 Å². The molecule has 1 aromatic carbocycles. The zero-order chi connectivity index (χ0) is 11.5. The Hall–Kier alpha value is -1.42. The molecule has 0 bridgehead atoms. The summed E-state index contributed by atoms with van der Waals surface area (Å²) in [5, 5.41) is 4.24. The van der Waals surface area contributed by atoms with Gasteiger partial charge in [0, 0.05) is 16.2 Å². The van der Waals surface area contributed by atoms with Crippen LogP contribution in [0.15, 0.2) is 35.1 Å². The first kappa shape index (κ1) is 11.1. The molecule has 0 amide bonds. The molecule has 3 nitrogen and oxygen atoms in total. The first-order valence-electron chi connectivity index (χ1n) is 5.03. The van der Waals surface area contributed by atoms with Gasteiger partial charge in [-0.3, -0.25) is 4.79 Å². The molecule has 0 spiro atoms. The summed E-state index contributed by atoms with van der Waals surface area (Å²) in [6.07, 6.45) is 5.53. The number of rotatable bonds is 3. The van der Waals surface area contributed by atoms with E-state index in [4.69, 9.17) is 0 Å². The summed E-state index contributed by atoms with van der Waals surface area (Å²) in [5.41, 5.74) is 2.58. The second kappa shape index (κ2) is 4.61. The van der Waals surface area contributed by atoms with Crippen molar-refractivity contribution in [2.24, 2.45) is 0 Å². The predicted octanol–water partition coefficient (Wildman–Crippen LogP) is 3.01. The molecule has 0 aliphatic heterocycles. The minimum absolute atomic E-state index is 0.625. The van der Waals surface area contributed by atoms with Crippen LogP contribution in [0.4, 0.5) is 0 Å². The van der Waals surface area contributed by atoms with Gasteiger partial charge in [-0.15, -0.1) is 0 Å². The first-order valence-corrected chi connectivity index (χ1v) is 5.82. The molecule has 16 heavy (non-hydrogen) atoms. The van der Waals surface area contributed by atoms with Crippen molar-refractivity contribution in [1.82, 2.24) is 9.78 Å². The van der Waals surface area contributed by atoms with Gasteiger partial charge in [-0.2, -0.15) is 5.10 Å². The zero-order valence-corrected chi connectivity index (χ0v) is 10.4. The van der Waals surface area contributed by atoms with Crippen molar-refractivity contribution in [3.63, 3.8) is 0 Å². The molecule has 2 aromatic rings. The average molecular weight is 279 g/mol. The summed E-state index contributed by atoms with van der Waals surface area (Å²) in [6, 6.07) is 5.56. The molecule has 0 fully saturated rings. The number of nitrogens with zero attached hydrogens (tertiary/aromatic N) is 2. The number of halogens is 1. The van der Waals surface area contributed by atoms with Crippen LogP contribution in [0.2, 0.25) is 0 Å². The van der Waals surface area contributed by atoms with Crippen LogP contribution in [-0.2, 0) is 6.42 Å². The van der Waals surface area contributed by atoms with Gasteiger partial charge in [0.1, 0.15) is 0 Å². The number of carbonyl (C=O) groups is 1. The number of benzene rings is 1. The van der Waals surface area contributed by atoms with Crippen LogP contribution >= 0.6 is 15.9 Å². The Labute approximate surface area is 102 Å². The van der Waals surface area contributed by atoms with E-state index < -0.39 is 0 Å². The highest BCUT2D eigenvalue weighted by Crippen LogP contribution is 2.18. The summed E-state index contributed by atoms with van der Waals surface area (Å²) in [7, 11) is 0. The minimum atomic E-state index is 0.625. The Morgan fingerprint density at radius 2 is 2.31 bits per heavy atom. The van der Waals surface area contributed by atoms with Crippen molar-refractivity contribution in [1.29, 1.82) is 0 Å². The molecule has 0 radical (unpaired) electrons. The normalized spacial score (nSPS) is 10.4. The molecule has 1 aromatic heterocycles. The number of hydrogen-bond acceptors (Lipinski definition) is 2. The van der Waals surface area contributed by atoms with Crippen LogP contribution in [-0.4, -0.2) is 16.1 Å². The fraction of sp³-hybridized carbons (Fsp3) is 0.167. The maximum atomic E-state index is 11.0. The number of carbonyl (C=O) groups excluding carboxylic acids is 1. The molecule has 2 rings (SSSR count). The summed E-state index contributed by atoms with van der Waals surface area (Å²) in [6.45, 7) is 2.07. The van der Waals surface area contributed by atoms with Crippen molar-refractivity contribution in [3.8, 4) is 5.69 Å². The fourth-order valence-electron chi connectivity index (χ4n) is 1.50. The topological polar surface area (TPSA) is 34.9 Å². The summed E-state index contributed by atoms with van der Waals surface area (Å²) in [4.78, 5) is 11.0. The molecule has 0 saturated carbocycles. The van der Waals surface area contributed by atoms with Crippen molar-refractivity contribution < 1.29 is 4.79 Å². The number of aldehydes is 1. The molecule has 0 unspecified atom stereocenters. The minimum Gasteiger partial charge on any atom is -0.298 e. The highest BCUT2D eigenvalue weighted by molar-refractivity contribution is 9.10. The Morgan fingerprint density at radius 3 is 2.94 bits per heavy atom. The third kappa shape index (κ3) is 2.07. The maximum Gasteiger partial charge on any atom is 0.152 e. The lowest BCUT2D eigenvalue weighted by atomic mass is 10.2. The van der Waals surface area contributed by atoms with E-state index >= 15 is 0 Å². The van der Waals surface area contributed by atoms with E-state index in [2.05, 4.69) is 28.0 Å². The highest BCUT2D eigenvalue weighted by Gasteiger charge is 2.06. The molecule has 0 N–H and O–H groups in total. The van der Waals surface area contributed by atoms with Crippen LogP contribution in [0.3, 0.4) is 0 Å². The summed E-state index contributed by atoms with van der Waals surface area (Å²) >= 11 is 3.34. The van der Waals surface area contributed by atoms with Gasteiger partial charge in [0.2, 0.25) is 0 Å². The average Bonchev–Trinajstić information content (AvgIpc) is 2.77. The Kier molecular flexibility index (Phi) is 3.19. The largest absolute Gasteiger partial charge is 0.298 e. The quantitative estimate of drug-likeness (QED) is 0.809. The van der Waals surface area contributed by atoms with E-state index in [9.17, 15) is 4.79 Å². The standard InChI is InChI=1S/C12H11BrN2O/c1-2-9-6-14-15(7-9)12-4-3-11(13)5-10(12)8-16/h3-8H,2H2,1H3. The highest BCUT2D eigenvalue weighted by atomic mass is 79.9. The molecule has 1 heterocycles. The number of hydrogen-bond donors (Lipinski definition) is 0. The maximum absolute atomic E-state index is 11.0. The molecular formula is C12H11BrN2O. The van der Waals surface area contributed by atoms with E-state index in [1.165, 1.54) is 0 Å². The van der Waals surface area contributed by atoms with Gasteiger partial charge in [-0.05, 0) is 30.2 Å². The summed E-state index contributed by atoms with van der Waals surface area (Å²) in [5.74, 6) is 0. The molecule has 0 atom stereocenters. The molecule has 0 aliphatic rings.